The number of hydrogen-bond donors (Lipinski definition) is 2. The number of nitrogens with two attached hydrogens (primary N) is 1. The van der Waals surface area contributed by atoms with Gasteiger partial charge >= 0.3 is 0 Å². The predicted octanol–water partition coefficient (Wildman–Crippen LogP) is -1.31. The zero-order chi connectivity index (χ0) is 11.6. The molecule has 6 nitrogen and oxygen atoms in total. The zero-order valence-corrected chi connectivity index (χ0v) is 9.75. The highest BCUT2D eigenvalue weighted by Crippen LogP contribution is 2.20. The van der Waals surface area contributed by atoms with Crippen LogP contribution in [0.5, 0.6) is 0 Å². The lowest BCUT2D eigenvalue weighted by molar-refractivity contribution is -0.133. The maximum Gasteiger partial charge on any atom is 0.227 e. The molecule has 0 radical (unpaired) electrons. The summed E-state index contributed by atoms with van der Waals surface area (Å²) in [7, 11) is -0.496. The molecule has 1 aliphatic heterocycles. The van der Waals surface area contributed by atoms with Crippen molar-refractivity contribution in [2.24, 2.45) is 11.1 Å². The van der Waals surface area contributed by atoms with E-state index in [4.69, 9.17) is 5.14 Å². The van der Waals surface area contributed by atoms with Crippen LogP contribution in [0.15, 0.2) is 0 Å². The Bertz CT molecular complexity index is 339. The number of rotatable bonds is 2. The number of amides is 1. The first-order valence-corrected chi connectivity index (χ1v) is 6.41. The topological polar surface area (TPSA) is 92.5 Å². The van der Waals surface area contributed by atoms with Crippen LogP contribution in [0.2, 0.25) is 0 Å². The van der Waals surface area contributed by atoms with Crippen molar-refractivity contribution in [3.05, 3.63) is 0 Å². The van der Waals surface area contributed by atoms with Crippen LogP contribution in [0.25, 0.3) is 0 Å². The highest BCUT2D eigenvalue weighted by Gasteiger charge is 2.38. The van der Waals surface area contributed by atoms with E-state index in [0.717, 1.165) is 6.42 Å². The average Bonchev–Trinajstić information content (AvgIpc) is 2.15. The summed E-state index contributed by atoms with van der Waals surface area (Å²) in [6, 6.07) is 0. The summed E-state index contributed by atoms with van der Waals surface area (Å²) < 4.78 is 22.5. The highest BCUT2D eigenvalue weighted by atomic mass is 32.2. The van der Waals surface area contributed by atoms with Crippen LogP contribution in [0.1, 0.15) is 12.8 Å². The average molecular weight is 235 g/mol. The van der Waals surface area contributed by atoms with E-state index in [-0.39, 0.29) is 5.91 Å². The van der Waals surface area contributed by atoms with E-state index in [1.54, 1.807) is 14.1 Å². The highest BCUT2D eigenvalue weighted by molar-refractivity contribution is 7.89. The van der Waals surface area contributed by atoms with Gasteiger partial charge in [0.2, 0.25) is 15.9 Å². The molecule has 0 saturated carbocycles. The third kappa shape index (κ3) is 2.90. The lowest BCUT2D eigenvalue weighted by Gasteiger charge is -2.31. The van der Waals surface area contributed by atoms with Crippen molar-refractivity contribution in [2.75, 3.05) is 20.6 Å². The molecule has 1 saturated heterocycles. The minimum atomic E-state index is -3.71. The largest absolute Gasteiger partial charge is 0.349 e. The van der Waals surface area contributed by atoms with Crippen LogP contribution in [-0.2, 0) is 14.8 Å². The van der Waals surface area contributed by atoms with Crippen molar-refractivity contribution in [1.29, 1.82) is 0 Å². The van der Waals surface area contributed by atoms with Crippen molar-refractivity contribution in [2.45, 2.75) is 18.2 Å². The summed E-state index contributed by atoms with van der Waals surface area (Å²) >= 11 is 0. The van der Waals surface area contributed by atoms with Gasteiger partial charge in [-0.2, -0.15) is 0 Å². The van der Waals surface area contributed by atoms with Gasteiger partial charge in [0.25, 0.3) is 0 Å². The monoisotopic (exact) mass is 235 g/mol. The molecule has 1 rings (SSSR count). The zero-order valence-electron chi connectivity index (χ0n) is 8.93. The molecule has 2 unspecified atom stereocenters. The fourth-order valence-corrected chi connectivity index (χ4v) is 2.85. The molecule has 0 aromatic carbocycles. The van der Waals surface area contributed by atoms with Gasteiger partial charge in [0.15, 0.2) is 0 Å². The van der Waals surface area contributed by atoms with Gasteiger partial charge in [0.1, 0.15) is 5.37 Å². The molecule has 1 heterocycles. The molecule has 1 aliphatic rings. The second-order valence-corrected chi connectivity index (χ2v) is 5.63. The molecule has 0 spiro atoms. The molecule has 1 fully saturated rings. The van der Waals surface area contributed by atoms with Crippen LogP contribution in [-0.4, -0.2) is 45.2 Å². The number of nitrogens with one attached hydrogen (secondary N) is 1. The van der Waals surface area contributed by atoms with Gasteiger partial charge in [0, 0.05) is 14.1 Å². The van der Waals surface area contributed by atoms with Gasteiger partial charge < -0.3 is 4.90 Å². The molecular formula is C8H17N3O3S. The van der Waals surface area contributed by atoms with Crippen LogP contribution in [0.4, 0.5) is 0 Å². The summed E-state index contributed by atoms with van der Waals surface area (Å²) in [4.78, 5) is 13.1. The minimum Gasteiger partial charge on any atom is -0.349 e. The van der Waals surface area contributed by atoms with Crippen LogP contribution >= 0.6 is 0 Å². The van der Waals surface area contributed by atoms with Crippen LogP contribution < -0.4 is 10.5 Å². The van der Waals surface area contributed by atoms with Crippen molar-refractivity contribution < 1.29 is 13.2 Å². The Morgan fingerprint density at radius 2 is 2.07 bits per heavy atom. The lowest BCUT2D eigenvalue weighted by Crippen LogP contribution is -2.54. The van der Waals surface area contributed by atoms with Gasteiger partial charge in [-0.3, -0.25) is 10.1 Å². The Labute approximate surface area is 89.9 Å². The molecule has 2 atom stereocenters. The molecule has 3 N–H and O–H groups in total. The molecule has 88 valence electrons. The third-order valence-corrected chi connectivity index (χ3v) is 3.72. The Kier molecular flexibility index (Phi) is 3.69. The third-order valence-electron chi connectivity index (χ3n) is 2.51. The molecule has 0 aromatic rings. The molecule has 0 aliphatic carbocycles. The molecule has 0 aromatic heterocycles. The first kappa shape index (κ1) is 12.4. The quantitative estimate of drug-likeness (QED) is 0.621. The number of carbonyl (C=O) groups excluding carboxylic acids is 1. The van der Waals surface area contributed by atoms with Crippen molar-refractivity contribution in [3.8, 4) is 0 Å². The van der Waals surface area contributed by atoms with Gasteiger partial charge in [0.05, 0.1) is 5.92 Å². The summed E-state index contributed by atoms with van der Waals surface area (Å²) in [5, 5.41) is 6.92. The van der Waals surface area contributed by atoms with Gasteiger partial charge in [-0.1, -0.05) is 0 Å². The number of nitrogens with zero attached hydrogens (tertiary/aromatic N) is 1. The standard InChI is InChI=1S/C8H17N3O3S/c1-11(2)8(12)6-4-3-5-10-7(6)15(9,13)14/h6-7,10H,3-5H2,1-2H3,(H2,9,13,14). The molecule has 0 bridgehead atoms. The SMILES string of the molecule is CN(C)C(=O)C1CCCNC1S(N)(=O)=O. The normalized spacial score (nSPS) is 27.4. The number of piperidine rings is 1. The molecular weight excluding hydrogens is 218 g/mol. The molecule has 1 amide bonds. The fourth-order valence-electron chi connectivity index (χ4n) is 1.79. The van der Waals surface area contributed by atoms with E-state index < -0.39 is 21.3 Å². The Morgan fingerprint density at radius 3 is 2.53 bits per heavy atom. The first-order chi connectivity index (χ1) is 6.84. The number of hydrogen-bond acceptors (Lipinski definition) is 4. The van der Waals surface area contributed by atoms with Crippen LogP contribution in [0, 0.1) is 5.92 Å². The number of sulfonamides is 1. The predicted molar refractivity (Wildman–Crippen MR) is 56.3 cm³/mol. The Morgan fingerprint density at radius 1 is 1.47 bits per heavy atom. The van der Waals surface area contributed by atoms with Gasteiger partial charge in [-0.15, -0.1) is 0 Å². The first-order valence-electron chi connectivity index (χ1n) is 4.80. The summed E-state index contributed by atoms with van der Waals surface area (Å²) in [5.74, 6) is -0.759. The summed E-state index contributed by atoms with van der Waals surface area (Å²) in [6.45, 7) is 0.582. The minimum absolute atomic E-state index is 0.193. The Balaban J connectivity index is 2.89. The summed E-state index contributed by atoms with van der Waals surface area (Å²) in [6.07, 6.45) is 1.35. The van der Waals surface area contributed by atoms with E-state index in [0.29, 0.717) is 13.0 Å². The van der Waals surface area contributed by atoms with E-state index in [9.17, 15) is 13.2 Å². The maximum absolute atomic E-state index is 11.7. The van der Waals surface area contributed by atoms with E-state index in [2.05, 4.69) is 5.32 Å². The number of primary sulfonamides is 1. The van der Waals surface area contributed by atoms with E-state index in [1.807, 2.05) is 0 Å². The van der Waals surface area contributed by atoms with Crippen molar-refractivity contribution >= 4 is 15.9 Å². The van der Waals surface area contributed by atoms with Crippen molar-refractivity contribution in [1.82, 2.24) is 10.2 Å². The second kappa shape index (κ2) is 4.46. The molecule has 15 heavy (non-hydrogen) atoms. The van der Waals surface area contributed by atoms with E-state index in [1.165, 1.54) is 4.90 Å². The lowest BCUT2D eigenvalue weighted by atomic mass is 9.98. The second-order valence-electron chi connectivity index (χ2n) is 3.95. The fraction of sp³-hybridized carbons (Fsp3) is 0.875. The smallest absolute Gasteiger partial charge is 0.227 e. The van der Waals surface area contributed by atoms with Crippen molar-refractivity contribution in [3.63, 3.8) is 0 Å². The maximum atomic E-state index is 11.7. The summed E-state index contributed by atoms with van der Waals surface area (Å²) in [5.41, 5.74) is 0. The van der Waals surface area contributed by atoms with Gasteiger partial charge in [-0.25, -0.2) is 13.6 Å². The Hall–Kier alpha value is -0.660. The van der Waals surface area contributed by atoms with E-state index >= 15 is 0 Å². The molecule has 7 heteroatoms. The van der Waals surface area contributed by atoms with Gasteiger partial charge in [-0.05, 0) is 19.4 Å². The number of carbonyl (C=O) groups is 1. The van der Waals surface area contributed by atoms with Crippen LogP contribution in [0.3, 0.4) is 0 Å².